The summed E-state index contributed by atoms with van der Waals surface area (Å²) in [4.78, 5) is 19.4. The fourth-order valence-corrected chi connectivity index (χ4v) is 4.03. The van der Waals surface area contributed by atoms with Crippen molar-refractivity contribution >= 4 is 62.1 Å². The van der Waals surface area contributed by atoms with Crippen molar-refractivity contribution in [3.8, 4) is 11.5 Å². The molecule has 2 aromatic carbocycles. The van der Waals surface area contributed by atoms with Gasteiger partial charge < -0.3 is 9.47 Å². The largest absolute Gasteiger partial charge is 0.490 e. The number of ether oxygens (including phenoxy) is 2. The number of likely N-dealkylation sites (N-methyl/N-ethyl adjacent to an activating group) is 1. The first-order valence-electron chi connectivity index (χ1n) is 9.14. The van der Waals surface area contributed by atoms with Gasteiger partial charge in [-0.2, -0.15) is 0 Å². The van der Waals surface area contributed by atoms with Gasteiger partial charge in [0.15, 0.2) is 16.7 Å². The third kappa shape index (κ3) is 5.28. The first-order valence-corrected chi connectivity index (χ1v) is 11.1. The summed E-state index contributed by atoms with van der Waals surface area (Å²) in [5.74, 6) is 1.14. The standard InChI is InChI=1S/C22H20BrClN2O3S/c1-4-10-29-18-9-6-14(11-19(18)28-5-2)12-20-21(27)26(3)22(30-20)25-15-7-8-16(23)17(24)13-15/h4,6-9,11-13H,1,5,10H2,2-3H3/b20-12-,25-22?. The van der Waals surface area contributed by atoms with Gasteiger partial charge in [0.1, 0.15) is 6.61 Å². The Morgan fingerprint density at radius 2 is 2.03 bits per heavy atom. The average molecular weight is 508 g/mol. The minimum absolute atomic E-state index is 0.119. The van der Waals surface area contributed by atoms with Gasteiger partial charge in [-0.3, -0.25) is 9.69 Å². The summed E-state index contributed by atoms with van der Waals surface area (Å²) in [5, 5.41) is 1.15. The Hall–Kier alpha value is -2.22. The number of hydrogen-bond acceptors (Lipinski definition) is 5. The molecule has 5 nitrogen and oxygen atoms in total. The van der Waals surface area contributed by atoms with E-state index < -0.39 is 0 Å². The number of hydrogen-bond donors (Lipinski definition) is 0. The molecule has 0 saturated carbocycles. The number of thioether (sulfide) groups is 1. The molecular weight excluding hydrogens is 488 g/mol. The zero-order chi connectivity index (χ0) is 21.7. The van der Waals surface area contributed by atoms with Crippen LogP contribution >= 0.6 is 39.3 Å². The van der Waals surface area contributed by atoms with Gasteiger partial charge >= 0.3 is 0 Å². The maximum absolute atomic E-state index is 12.7. The second kappa shape index (κ2) is 10.2. The van der Waals surface area contributed by atoms with E-state index in [9.17, 15) is 4.79 Å². The highest BCUT2D eigenvalue weighted by Crippen LogP contribution is 2.36. The topological polar surface area (TPSA) is 51.1 Å². The predicted octanol–water partition coefficient (Wildman–Crippen LogP) is 6.30. The molecule has 1 aliphatic rings. The van der Waals surface area contributed by atoms with Crippen molar-refractivity contribution in [3.63, 3.8) is 0 Å². The molecular formula is C22H20BrClN2O3S. The van der Waals surface area contributed by atoms with Crippen LogP contribution in [0.4, 0.5) is 5.69 Å². The Bertz CT molecular complexity index is 1040. The second-order valence-corrected chi connectivity index (χ2v) is 8.48. The lowest BCUT2D eigenvalue weighted by atomic mass is 10.2. The molecule has 156 valence electrons. The average Bonchev–Trinajstić information content (AvgIpc) is 2.98. The van der Waals surface area contributed by atoms with Crippen LogP contribution in [0.1, 0.15) is 12.5 Å². The zero-order valence-corrected chi connectivity index (χ0v) is 19.7. The van der Waals surface area contributed by atoms with Gasteiger partial charge in [0, 0.05) is 11.5 Å². The molecule has 2 aromatic rings. The highest BCUT2D eigenvalue weighted by atomic mass is 79.9. The van der Waals surface area contributed by atoms with Crippen LogP contribution in [0.5, 0.6) is 11.5 Å². The molecule has 1 heterocycles. The monoisotopic (exact) mass is 506 g/mol. The van der Waals surface area contributed by atoms with E-state index in [1.165, 1.54) is 16.7 Å². The molecule has 0 N–H and O–H groups in total. The molecule has 30 heavy (non-hydrogen) atoms. The number of nitrogens with zero attached hydrogens (tertiary/aromatic N) is 2. The van der Waals surface area contributed by atoms with Gasteiger partial charge in [0.2, 0.25) is 0 Å². The number of amidine groups is 1. The Kier molecular flexibility index (Phi) is 7.64. The number of halogens is 2. The third-order valence-electron chi connectivity index (χ3n) is 4.05. The molecule has 0 radical (unpaired) electrons. The van der Waals surface area contributed by atoms with E-state index in [1.807, 2.05) is 43.3 Å². The van der Waals surface area contributed by atoms with E-state index in [1.54, 1.807) is 19.2 Å². The summed E-state index contributed by atoms with van der Waals surface area (Å²) in [7, 11) is 1.70. The number of amides is 1. The second-order valence-electron chi connectivity index (χ2n) is 6.21. The van der Waals surface area contributed by atoms with Gasteiger partial charge in [-0.1, -0.05) is 30.3 Å². The molecule has 0 bridgehead atoms. The van der Waals surface area contributed by atoms with Gasteiger partial charge in [0.25, 0.3) is 5.91 Å². The normalized spacial score (nSPS) is 16.4. The van der Waals surface area contributed by atoms with Crippen LogP contribution in [0.2, 0.25) is 5.02 Å². The molecule has 1 saturated heterocycles. The van der Waals surface area contributed by atoms with E-state index in [-0.39, 0.29) is 5.91 Å². The van der Waals surface area contributed by atoms with Gasteiger partial charge in [-0.15, -0.1) is 0 Å². The van der Waals surface area contributed by atoms with Gasteiger partial charge in [0.05, 0.1) is 22.2 Å². The lowest BCUT2D eigenvalue weighted by molar-refractivity contribution is -0.121. The third-order valence-corrected chi connectivity index (χ3v) is 6.35. The van der Waals surface area contributed by atoms with Crippen LogP contribution < -0.4 is 9.47 Å². The Labute approximate surface area is 193 Å². The van der Waals surface area contributed by atoms with Crippen molar-refractivity contribution in [1.29, 1.82) is 0 Å². The summed E-state index contributed by atoms with van der Waals surface area (Å²) >= 11 is 10.8. The Balaban J connectivity index is 1.87. The SMILES string of the molecule is C=CCOc1ccc(/C=C2\SC(=Nc3ccc(Br)c(Cl)c3)N(C)C2=O)cc1OCC. The Morgan fingerprint density at radius 1 is 1.23 bits per heavy atom. The lowest BCUT2D eigenvalue weighted by Crippen LogP contribution is -2.23. The van der Waals surface area contributed by atoms with Gasteiger partial charge in [-0.25, -0.2) is 4.99 Å². The summed E-state index contributed by atoms with van der Waals surface area (Å²) in [6, 6.07) is 11.0. The van der Waals surface area contributed by atoms with E-state index in [0.29, 0.717) is 45.5 Å². The van der Waals surface area contributed by atoms with Crippen LogP contribution in [-0.4, -0.2) is 36.2 Å². The molecule has 1 amide bonds. The highest BCUT2D eigenvalue weighted by molar-refractivity contribution is 9.10. The minimum Gasteiger partial charge on any atom is -0.490 e. The van der Waals surface area contributed by atoms with Crippen LogP contribution in [0.25, 0.3) is 6.08 Å². The number of aliphatic imine (C=N–C) groups is 1. The minimum atomic E-state index is -0.119. The van der Waals surface area contributed by atoms with Crippen molar-refractivity contribution in [1.82, 2.24) is 4.90 Å². The summed E-state index contributed by atoms with van der Waals surface area (Å²) in [6.45, 7) is 6.46. The molecule has 3 rings (SSSR count). The smallest absolute Gasteiger partial charge is 0.266 e. The molecule has 0 aromatic heterocycles. The summed E-state index contributed by atoms with van der Waals surface area (Å²) in [5.41, 5.74) is 1.51. The van der Waals surface area contributed by atoms with Crippen LogP contribution in [0, 0.1) is 0 Å². The molecule has 1 aliphatic heterocycles. The summed E-state index contributed by atoms with van der Waals surface area (Å²) < 4.78 is 12.1. The van der Waals surface area contributed by atoms with E-state index >= 15 is 0 Å². The molecule has 1 fully saturated rings. The first kappa shape index (κ1) is 22.5. The zero-order valence-electron chi connectivity index (χ0n) is 16.5. The molecule has 0 unspecified atom stereocenters. The molecule has 8 heteroatoms. The number of carbonyl (C=O) groups excluding carboxylic acids is 1. The lowest BCUT2D eigenvalue weighted by Gasteiger charge is -2.11. The number of rotatable bonds is 7. The van der Waals surface area contributed by atoms with Crippen molar-refractivity contribution in [2.45, 2.75) is 6.92 Å². The maximum atomic E-state index is 12.7. The maximum Gasteiger partial charge on any atom is 0.266 e. The van der Waals surface area contributed by atoms with Crippen LogP contribution in [-0.2, 0) is 4.79 Å². The quantitative estimate of drug-likeness (QED) is 0.326. The molecule has 0 atom stereocenters. The summed E-state index contributed by atoms with van der Waals surface area (Å²) in [6.07, 6.45) is 3.50. The van der Waals surface area contributed by atoms with Crippen molar-refractivity contribution in [2.24, 2.45) is 4.99 Å². The van der Waals surface area contributed by atoms with Crippen molar-refractivity contribution in [2.75, 3.05) is 20.3 Å². The highest BCUT2D eigenvalue weighted by Gasteiger charge is 2.30. The van der Waals surface area contributed by atoms with Crippen LogP contribution in [0.3, 0.4) is 0 Å². The number of carbonyl (C=O) groups is 1. The molecule has 0 spiro atoms. The predicted molar refractivity (Wildman–Crippen MR) is 128 cm³/mol. The molecule has 0 aliphatic carbocycles. The Morgan fingerprint density at radius 3 is 2.73 bits per heavy atom. The van der Waals surface area contributed by atoms with Crippen LogP contribution in [0.15, 0.2) is 63.4 Å². The van der Waals surface area contributed by atoms with Gasteiger partial charge in [-0.05, 0) is 76.6 Å². The number of benzene rings is 2. The van der Waals surface area contributed by atoms with E-state index in [0.717, 1.165) is 10.0 Å². The van der Waals surface area contributed by atoms with Crippen molar-refractivity contribution < 1.29 is 14.3 Å². The van der Waals surface area contributed by atoms with Crippen molar-refractivity contribution in [3.05, 3.63) is 69.0 Å². The van der Waals surface area contributed by atoms with E-state index in [2.05, 4.69) is 27.5 Å². The first-order chi connectivity index (χ1) is 14.4. The fraction of sp³-hybridized carbons (Fsp3) is 0.182. The van der Waals surface area contributed by atoms with E-state index in [4.69, 9.17) is 21.1 Å². The fourth-order valence-electron chi connectivity index (χ4n) is 2.62.